The monoisotopic (exact) mass is 689 g/mol. The lowest BCUT2D eigenvalue weighted by molar-refractivity contribution is -0.137. The Kier molecular flexibility index (Phi) is 9.62. The molecule has 258 valence electrons. The first-order valence-corrected chi connectivity index (χ1v) is 16.9. The predicted molar refractivity (Wildman–Crippen MR) is 177 cm³/mol. The smallest absolute Gasteiger partial charge is 0.475 e. The van der Waals surface area contributed by atoms with Crippen molar-refractivity contribution in [1.82, 2.24) is 0 Å². The lowest BCUT2D eigenvalue weighted by Gasteiger charge is -2.33. The molecule has 0 bridgehead atoms. The van der Waals surface area contributed by atoms with Crippen molar-refractivity contribution < 1.29 is 45.2 Å². The molecule has 13 heteroatoms. The highest BCUT2D eigenvalue weighted by Gasteiger charge is 2.43. The summed E-state index contributed by atoms with van der Waals surface area (Å²) in [6, 6.07) is 14.3. The second-order valence-corrected chi connectivity index (χ2v) is 15.3. The Morgan fingerprint density at radius 3 is 2.19 bits per heavy atom. The molecule has 2 heterocycles. The number of phosphoric acid groups is 1. The maximum atomic E-state index is 13.7. The van der Waals surface area contributed by atoms with E-state index >= 15 is 0 Å². The standard InChI is InChI=1S/C35H39F3NO8P/c1-22-39-34(20-42-22,21-43-48(41,46-32(2,3)4)47-33(5,6)7)16-15-23-11-13-27-30(17-23)45-29-14-12-26(19-28(29)31(27)40)44-25-10-8-9-24(18-25)35(36,37)38/h8-14,17-19H,15-16,20-21H2,1-7H3. The lowest BCUT2D eigenvalue weighted by atomic mass is 9.93. The summed E-state index contributed by atoms with van der Waals surface area (Å²) in [5.74, 6) is 0.660. The molecule has 0 radical (unpaired) electrons. The van der Waals surface area contributed by atoms with Crippen LogP contribution < -0.4 is 10.2 Å². The molecule has 9 nitrogen and oxygen atoms in total. The molecule has 0 fully saturated rings. The number of nitrogens with zero attached hydrogens (tertiary/aromatic N) is 1. The van der Waals surface area contributed by atoms with E-state index in [4.69, 9.17) is 32.5 Å². The number of alkyl halides is 3. The van der Waals surface area contributed by atoms with E-state index in [0.29, 0.717) is 35.3 Å². The Morgan fingerprint density at radius 2 is 1.56 bits per heavy atom. The first-order valence-electron chi connectivity index (χ1n) is 15.4. The van der Waals surface area contributed by atoms with Crippen molar-refractivity contribution in [2.75, 3.05) is 13.2 Å². The molecule has 0 aliphatic carbocycles. The molecule has 1 atom stereocenters. The zero-order chi connectivity index (χ0) is 35.1. The zero-order valence-electron chi connectivity index (χ0n) is 27.9. The molecule has 0 spiro atoms. The average molecular weight is 690 g/mol. The number of halogens is 3. The van der Waals surface area contributed by atoms with Gasteiger partial charge in [-0.3, -0.25) is 18.4 Å². The van der Waals surface area contributed by atoms with Gasteiger partial charge in [0.25, 0.3) is 0 Å². The highest BCUT2D eigenvalue weighted by atomic mass is 31.2. The van der Waals surface area contributed by atoms with Crippen molar-refractivity contribution in [2.45, 2.75) is 84.2 Å². The Bertz CT molecular complexity index is 1940. The number of phosphoric ester groups is 1. The van der Waals surface area contributed by atoms with Crippen molar-refractivity contribution in [2.24, 2.45) is 4.99 Å². The van der Waals surface area contributed by atoms with Gasteiger partial charge >= 0.3 is 14.0 Å². The average Bonchev–Trinajstić information content (AvgIpc) is 3.34. The third-order valence-electron chi connectivity index (χ3n) is 7.19. The van der Waals surface area contributed by atoms with Crippen LogP contribution in [-0.2, 0) is 35.5 Å². The van der Waals surface area contributed by atoms with E-state index in [1.54, 1.807) is 66.7 Å². The van der Waals surface area contributed by atoms with Gasteiger partial charge in [0.2, 0.25) is 5.43 Å². The molecule has 3 aromatic carbocycles. The second-order valence-electron chi connectivity index (χ2n) is 13.8. The molecule has 48 heavy (non-hydrogen) atoms. The van der Waals surface area contributed by atoms with Gasteiger partial charge in [0.15, 0.2) is 5.90 Å². The van der Waals surface area contributed by atoms with Crippen LogP contribution in [0.3, 0.4) is 0 Å². The summed E-state index contributed by atoms with van der Waals surface area (Å²) in [5, 5.41) is 0.557. The topological polar surface area (TPSA) is 106 Å². The van der Waals surface area contributed by atoms with Gasteiger partial charge in [-0.1, -0.05) is 12.1 Å². The summed E-state index contributed by atoms with van der Waals surface area (Å²) in [5.41, 5.74) is -2.09. The van der Waals surface area contributed by atoms with Crippen LogP contribution in [0.2, 0.25) is 0 Å². The summed E-state index contributed by atoms with van der Waals surface area (Å²) in [6.07, 6.45) is -3.57. The molecular weight excluding hydrogens is 650 g/mol. The number of fused-ring (bicyclic) bond motifs is 2. The highest BCUT2D eigenvalue weighted by molar-refractivity contribution is 7.48. The fourth-order valence-electron chi connectivity index (χ4n) is 5.20. The third kappa shape index (κ3) is 8.85. The van der Waals surface area contributed by atoms with Crippen LogP contribution in [0.1, 0.15) is 66.0 Å². The van der Waals surface area contributed by atoms with Crippen molar-refractivity contribution in [3.8, 4) is 11.5 Å². The van der Waals surface area contributed by atoms with E-state index < -0.39 is 36.3 Å². The van der Waals surface area contributed by atoms with E-state index in [9.17, 15) is 22.5 Å². The van der Waals surface area contributed by atoms with Crippen molar-refractivity contribution in [3.05, 3.63) is 82.0 Å². The van der Waals surface area contributed by atoms with Gasteiger partial charge in [-0.25, -0.2) is 9.56 Å². The van der Waals surface area contributed by atoms with E-state index in [1.807, 2.05) is 6.07 Å². The maximum absolute atomic E-state index is 13.7. The van der Waals surface area contributed by atoms with Crippen LogP contribution in [-0.4, -0.2) is 35.9 Å². The fraction of sp³-hybridized carbons (Fsp3) is 0.429. The van der Waals surface area contributed by atoms with E-state index in [1.165, 1.54) is 24.3 Å². The van der Waals surface area contributed by atoms with Gasteiger partial charge in [-0.2, -0.15) is 13.2 Å². The van der Waals surface area contributed by atoms with Gasteiger partial charge in [-0.05, 0) is 108 Å². The van der Waals surface area contributed by atoms with Gasteiger partial charge in [0.1, 0.15) is 34.8 Å². The minimum absolute atomic E-state index is 0.0133. The SMILES string of the molecule is CC1=NC(CCc2ccc3c(=O)c4cc(Oc5cccc(C(F)(F)F)c5)ccc4oc3c2)(COP(=O)(OC(C)(C)C)OC(C)(C)C)CO1. The molecule has 0 N–H and O–H groups in total. The first-order chi connectivity index (χ1) is 22.2. The molecule has 1 aromatic heterocycles. The normalized spacial score (nSPS) is 17.5. The van der Waals surface area contributed by atoms with Crippen LogP contribution in [0, 0.1) is 0 Å². The summed E-state index contributed by atoms with van der Waals surface area (Å²) < 4.78 is 88.0. The van der Waals surface area contributed by atoms with Crippen LogP contribution in [0.25, 0.3) is 21.9 Å². The summed E-state index contributed by atoms with van der Waals surface area (Å²) >= 11 is 0. The van der Waals surface area contributed by atoms with Crippen LogP contribution in [0.5, 0.6) is 11.5 Å². The van der Waals surface area contributed by atoms with Gasteiger partial charge in [0.05, 0.1) is 34.1 Å². The first kappa shape index (κ1) is 35.6. The molecule has 0 saturated heterocycles. The minimum atomic E-state index is -4.51. The quantitative estimate of drug-likeness (QED) is 0.120. The fourth-order valence-corrected chi connectivity index (χ4v) is 7.08. The molecule has 0 saturated carbocycles. The number of aliphatic imine (C=N–C) groups is 1. The largest absolute Gasteiger partial charge is 0.479 e. The van der Waals surface area contributed by atoms with E-state index in [0.717, 1.165) is 17.7 Å². The molecule has 4 aromatic rings. The summed E-state index contributed by atoms with van der Waals surface area (Å²) in [4.78, 5) is 18.2. The maximum Gasteiger partial charge on any atom is 0.475 e. The Balaban J connectivity index is 1.36. The molecule has 5 rings (SSSR count). The Labute approximate surface area is 276 Å². The van der Waals surface area contributed by atoms with Gasteiger partial charge < -0.3 is 13.9 Å². The van der Waals surface area contributed by atoms with Crippen LogP contribution in [0.15, 0.2) is 74.9 Å². The molecule has 1 aliphatic heterocycles. The summed E-state index contributed by atoms with van der Waals surface area (Å²) in [6.45, 7) is 12.5. The van der Waals surface area contributed by atoms with Crippen LogP contribution in [0.4, 0.5) is 13.2 Å². The Morgan fingerprint density at radius 1 is 0.875 bits per heavy atom. The van der Waals surface area contributed by atoms with Crippen molar-refractivity contribution in [3.63, 3.8) is 0 Å². The predicted octanol–water partition coefficient (Wildman–Crippen LogP) is 9.63. The third-order valence-corrected chi connectivity index (χ3v) is 9.18. The highest BCUT2D eigenvalue weighted by Crippen LogP contribution is 2.56. The van der Waals surface area contributed by atoms with Crippen LogP contribution >= 0.6 is 7.82 Å². The number of benzene rings is 3. The zero-order valence-corrected chi connectivity index (χ0v) is 28.8. The Hall–Kier alpha value is -3.70. The molecular formula is C35H39F3NO8P. The van der Waals surface area contributed by atoms with Gasteiger partial charge in [-0.15, -0.1) is 0 Å². The number of aryl methyl sites for hydroxylation is 1. The van der Waals surface area contributed by atoms with Crippen molar-refractivity contribution in [1.29, 1.82) is 0 Å². The molecule has 1 aliphatic rings. The molecule has 1 unspecified atom stereocenters. The van der Waals surface area contributed by atoms with Crippen molar-refractivity contribution >= 4 is 35.7 Å². The number of ether oxygens (including phenoxy) is 2. The summed E-state index contributed by atoms with van der Waals surface area (Å²) in [7, 11) is -4.00. The van der Waals surface area contributed by atoms with E-state index in [-0.39, 0.29) is 35.5 Å². The minimum Gasteiger partial charge on any atom is -0.479 e. The number of hydrogen-bond acceptors (Lipinski definition) is 9. The van der Waals surface area contributed by atoms with E-state index in [2.05, 4.69) is 0 Å². The van der Waals surface area contributed by atoms with Gasteiger partial charge in [0, 0.05) is 6.92 Å². The number of rotatable bonds is 10. The number of hydrogen-bond donors (Lipinski definition) is 0. The molecule has 0 amide bonds. The second kappa shape index (κ2) is 13.0. The lowest BCUT2D eigenvalue weighted by Crippen LogP contribution is -2.36.